The van der Waals surface area contributed by atoms with Gasteiger partial charge in [0.25, 0.3) is 0 Å². The molecule has 1 heterocycles. The fraction of sp³-hybridized carbons (Fsp3) is 0.692. The van der Waals surface area contributed by atoms with E-state index in [0.717, 1.165) is 23.9 Å². The van der Waals surface area contributed by atoms with Gasteiger partial charge < -0.3 is 4.90 Å². The van der Waals surface area contributed by atoms with Crippen LogP contribution in [0.1, 0.15) is 31.9 Å². The van der Waals surface area contributed by atoms with Crippen molar-refractivity contribution in [3.63, 3.8) is 0 Å². The molecule has 1 saturated carbocycles. The minimum Gasteiger partial charge on any atom is -0.349 e. The van der Waals surface area contributed by atoms with Gasteiger partial charge in [-0.3, -0.25) is 9.48 Å². The third-order valence-electron chi connectivity index (χ3n) is 4.13. The van der Waals surface area contributed by atoms with Crippen molar-refractivity contribution in [1.29, 1.82) is 0 Å². The van der Waals surface area contributed by atoms with Crippen LogP contribution in [0.15, 0.2) is 10.7 Å². The van der Waals surface area contributed by atoms with Gasteiger partial charge in [-0.05, 0) is 41.3 Å². The van der Waals surface area contributed by atoms with E-state index in [2.05, 4.69) is 34.0 Å². The second-order valence-electron chi connectivity index (χ2n) is 5.45. The fourth-order valence-corrected chi connectivity index (χ4v) is 3.49. The molecule has 0 unspecified atom stereocenters. The van der Waals surface area contributed by atoms with Crippen molar-refractivity contribution in [2.45, 2.75) is 31.6 Å². The van der Waals surface area contributed by atoms with Crippen LogP contribution in [0, 0.1) is 5.92 Å². The van der Waals surface area contributed by atoms with Gasteiger partial charge in [-0.15, -0.1) is 0 Å². The Morgan fingerprint density at radius 1 is 1.61 bits per heavy atom. The normalized spacial score (nSPS) is 26.8. The zero-order valence-corrected chi connectivity index (χ0v) is 13.0. The number of carbonyl (C=O) groups excluding carboxylic acids is 1. The Kier molecular flexibility index (Phi) is 3.54. The van der Waals surface area contributed by atoms with Crippen molar-refractivity contribution >= 4 is 21.8 Å². The van der Waals surface area contributed by atoms with E-state index in [1.807, 2.05) is 25.8 Å². The summed E-state index contributed by atoms with van der Waals surface area (Å²) in [6, 6.07) is 2.08. The van der Waals surface area contributed by atoms with Crippen molar-refractivity contribution in [2.24, 2.45) is 13.0 Å². The van der Waals surface area contributed by atoms with Gasteiger partial charge in [-0.25, -0.2) is 0 Å². The van der Waals surface area contributed by atoms with Gasteiger partial charge in [0.15, 0.2) is 0 Å². The molecule has 1 fully saturated rings. The van der Waals surface area contributed by atoms with E-state index in [1.165, 1.54) is 5.69 Å². The number of hydrogen-bond acceptors (Lipinski definition) is 2. The zero-order valence-electron chi connectivity index (χ0n) is 11.4. The number of nitrogens with zero attached hydrogens (tertiary/aromatic N) is 3. The first-order chi connectivity index (χ1) is 8.39. The summed E-state index contributed by atoms with van der Waals surface area (Å²) in [6.45, 7) is 2.19. The average Bonchev–Trinajstić information content (AvgIpc) is 2.57. The number of hydrogen-bond donors (Lipinski definition) is 0. The van der Waals surface area contributed by atoms with Crippen LogP contribution in [-0.4, -0.2) is 34.7 Å². The molecule has 0 atom stereocenters. The number of rotatable bonds is 3. The van der Waals surface area contributed by atoms with E-state index in [9.17, 15) is 4.79 Å². The highest BCUT2D eigenvalue weighted by Crippen LogP contribution is 2.50. The van der Waals surface area contributed by atoms with Crippen molar-refractivity contribution in [1.82, 2.24) is 14.7 Å². The molecule has 1 aliphatic rings. The number of carbonyl (C=O) groups is 1. The number of halogens is 1. The van der Waals surface area contributed by atoms with E-state index >= 15 is 0 Å². The lowest BCUT2D eigenvalue weighted by Gasteiger charge is -2.47. The van der Waals surface area contributed by atoms with Gasteiger partial charge in [0.05, 0.1) is 0 Å². The van der Waals surface area contributed by atoms with Gasteiger partial charge in [0, 0.05) is 38.2 Å². The second-order valence-corrected chi connectivity index (χ2v) is 6.26. The predicted molar refractivity (Wildman–Crippen MR) is 74.3 cm³/mol. The lowest BCUT2D eigenvalue weighted by atomic mass is 9.58. The highest BCUT2D eigenvalue weighted by molar-refractivity contribution is 9.10. The number of aromatic nitrogens is 2. The quantitative estimate of drug-likeness (QED) is 0.859. The zero-order chi connectivity index (χ0) is 13.5. The molecule has 1 aromatic rings. The number of aryl methyl sites for hydroxylation is 1. The Bertz CT molecular complexity index is 461. The molecule has 1 aromatic heterocycles. The molecule has 1 amide bonds. The molecule has 1 aliphatic carbocycles. The van der Waals surface area contributed by atoms with E-state index in [4.69, 9.17) is 0 Å². The molecular weight excluding hydrogens is 294 g/mol. The summed E-state index contributed by atoms with van der Waals surface area (Å²) < 4.78 is 2.81. The molecule has 0 N–H and O–H groups in total. The van der Waals surface area contributed by atoms with Crippen LogP contribution in [0.25, 0.3) is 0 Å². The highest BCUT2D eigenvalue weighted by atomic mass is 79.9. The lowest BCUT2D eigenvalue weighted by Crippen LogP contribution is -2.48. The molecule has 0 saturated heterocycles. The first-order valence-corrected chi connectivity index (χ1v) is 7.10. The van der Waals surface area contributed by atoms with Gasteiger partial charge in [0.1, 0.15) is 4.60 Å². The number of amides is 1. The molecule has 0 aromatic carbocycles. The van der Waals surface area contributed by atoms with Crippen LogP contribution < -0.4 is 0 Å². The summed E-state index contributed by atoms with van der Waals surface area (Å²) in [7, 11) is 5.63. The topological polar surface area (TPSA) is 38.1 Å². The average molecular weight is 314 g/mol. The smallest absolute Gasteiger partial charge is 0.225 e. The Hall–Kier alpha value is -0.840. The first kappa shape index (κ1) is 13.6. The van der Waals surface area contributed by atoms with Crippen molar-refractivity contribution < 1.29 is 4.79 Å². The van der Waals surface area contributed by atoms with Crippen LogP contribution in [0.2, 0.25) is 0 Å². The van der Waals surface area contributed by atoms with Crippen LogP contribution in [0.5, 0.6) is 0 Å². The van der Waals surface area contributed by atoms with Crippen LogP contribution in [0.4, 0.5) is 0 Å². The van der Waals surface area contributed by atoms with Crippen LogP contribution in [0.3, 0.4) is 0 Å². The molecule has 100 valence electrons. The Balaban J connectivity index is 2.17. The molecule has 18 heavy (non-hydrogen) atoms. The van der Waals surface area contributed by atoms with Gasteiger partial charge in [0.2, 0.25) is 5.91 Å². The van der Waals surface area contributed by atoms with E-state index in [1.54, 1.807) is 4.90 Å². The summed E-state index contributed by atoms with van der Waals surface area (Å²) >= 11 is 3.42. The van der Waals surface area contributed by atoms with Crippen molar-refractivity contribution in [2.75, 3.05) is 14.1 Å². The molecule has 0 aliphatic heterocycles. The Morgan fingerprint density at radius 2 is 2.22 bits per heavy atom. The molecule has 2 rings (SSSR count). The minimum absolute atomic E-state index is 0.129. The second kappa shape index (κ2) is 4.68. The first-order valence-electron chi connectivity index (χ1n) is 6.31. The molecular formula is C13H20BrN3O. The highest BCUT2D eigenvalue weighted by Gasteiger charge is 2.49. The monoisotopic (exact) mass is 313 g/mol. The molecule has 5 heteroatoms. The molecule has 4 nitrogen and oxygen atoms in total. The van der Waals surface area contributed by atoms with Gasteiger partial charge in [-0.1, -0.05) is 6.92 Å². The molecule has 0 radical (unpaired) electrons. The van der Waals surface area contributed by atoms with Crippen LogP contribution in [-0.2, 0) is 17.3 Å². The molecule has 0 spiro atoms. The third-order valence-corrected chi connectivity index (χ3v) is 4.52. The Labute approximate surface area is 116 Å². The van der Waals surface area contributed by atoms with Gasteiger partial charge in [-0.2, -0.15) is 5.10 Å². The van der Waals surface area contributed by atoms with E-state index < -0.39 is 0 Å². The summed E-state index contributed by atoms with van der Waals surface area (Å²) in [4.78, 5) is 13.6. The summed E-state index contributed by atoms with van der Waals surface area (Å²) in [5.41, 5.74) is 1.36. The standard InChI is InChI=1S/C13H20BrN3O/c1-5-13(10-6-11(14)15-17(10)4)7-9(8-13)12(18)16(2)3/h6,9H,5,7-8H2,1-4H3/t9-,13-. The maximum absolute atomic E-state index is 11.9. The maximum Gasteiger partial charge on any atom is 0.225 e. The SMILES string of the molecule is CC[C@]1(c2cc(Br)nn2C)C[C@H](C(=O)N(C)C)C1. The largest absolute Gasteiger partial charge is 0.349 e. The van der Waals surface area contributed by atoms with E-state index in [-0.39, 0.29) is 17.2 Å². The van der Waals surface area contributed by atoms with E-state index in [0.29, 0.717) is 0 Å². The van der Waals surface area contributed by atoms with Gasteiger partial charge >= 0.3 is 0 Å². The Morgan fingerprint density at radius 3 is 2.61 bits per heavy atom. The van der Waals surface area contributed by atoms with Crippen LogP contribution >= 0.6 is 15.9 Å². The van der Waals surface area contributed by atoms with Crippen molar-refractivity contribution in [3.8, 4) is 0 Å². The summed E-state index contributed by atoms with van der Waals surface area (Å²) in [6.07, 6.45) is 2.93. The van der Waals surface area contributed by atoms with Crippen molar-refractivity contribution in [3.05, 3.63) is 16.4 Å². The summed E-state index contributed by atoms with van der Waals surface area (Å²) in [5, 5.41) is 4.35. The summed E-state index contributed by atoms with van der Waals surface area (Å²) in [5.74, 6) is 0.425. The maximum atomic E-state index is 11.9. The fourth-order valence-electron chi connectivity index (χ4n) is 3.03. The predicted octanol–water partition coefficient (Wildman–Crippen LogP) is 2.33. The minimum atomic E-state index is 0.129. The lowest BCUT2D eigenvalue weighted by molar-refractivity contribution is -0.138. The molecule has 0 bridgehead atoms. The third kappa shape index (κ3) is 2.09.